The Hall–Kier alpha value is -2.75. The van der Waals surface area contributed by atoms with Gasteiger partial charge in [-0.1, -0.05) is 32.0 Å². The normalized spacial score (nSPS) is 19.0. The van der Waals surface area contributed by atoms with Crippen LogP contribution in [0.5, 0.6) is 11.5 Å². The first-order valence-electron chi connectivity index (χ1n) is 8.42. The Morgan fingerprint density at radius 2 is 1.56 bits per heavy atom. The van der Waals surface area contributed by atoms with Crippen LogP contribution in [0.1, 0.15) is 31.4 Å². The topological polar surface area (TPSA) is 77.8 Å². The molecule has 0 aromatic heterocycles. The molecule has 128 valence electrons. The number of carboxylic acids is 1. The second kappa shape index (κ2) is 5.12. The summed E-state index contributed by atoms with van der Waals surface area (Å²) in [6.45, 7) is 4.19. The summed E-state index contributed by atoms with van der Waals surface area (Å²) >= 11 is 0. The Bertz CT molecular complexity index is 1030. The molecule has 25 heavy (non-hydrogen) atoms. The molecule has 1 aliphatic carbocycles. The molecule has 1 atom stereocenters. The number of hydrogen-bond acceptors (Lipinski definition) is 3. The molecule has 0 radical (unpaired) electrons. The lowest BCUT2D eigenvalue weighted by Crippen LogP contribution is -2.33. The summed E-state index contributed by atoms with van der Waals surface area (Å²) in [4.78, 5) is 11.6. The zero-order chi connectivity index (χ0) is 17.9. The summed E-state index contributed by atoms with van der Waals surface area (Å²) in [6, 6.07) is 11.1. The van der Waals surface area contributed by atoms with E-state index in [1.807, 2.05) is 12.1 Å². The van der Waals surface area contributed by atoms with E-state index in [-0.39, 0.29) is 16.9 Å². The molecule has 0 aliphatic heterocycles. The van der Waals surface area contributed by atoms with Crippen LogP contribution in [0.3, 0.4) is 0 Å². The molecule has 4 heteroatoms. The van der Waals surface area contributed by atoms with Gasteiger partial charge in [0.15, 0.2) is 11.5 Å². The molecule has 0 saturated heterocycles. The molecule has 0 heterocycles. The Balaban J connectivity index is 2.05. The van der Waals surface area contributed by atoms with Gasteiger partial charge in [0.25, 0.3) is 0 Å². The molecule has 4 nitrogen and oxygen atoms in total. The van der Waals surface area contributed by atoms with Crippen LogP contribution in [-0.4, -0.2) is 21.3 Å². The Labute approximate surface area is 145 Å². The SMILES string of the molecule is CC1(C)C[C@H](C(=O)O)Cc2c1ccc1c2ccc2c(O)c(O)ccc21. The molecule has 3 N–H and O–H groups in total. The highest BCUT2D eigenvalue weighted by Gasteiger charge is 2.37. The minimum absolute atomic E-state index is 0.124. The Kier molecular flexibility index (Phi) is 3.23. The van der Waals surface area contributed by atoms with E-state index in [4.69, 9.17) is 0 Å². The van der Waals surface area contributed by atoms with E-state index in [1.165, 1.54) is 11.6 Å². The average molecular weight is 336 g/mol. The fourth-order valence-electron chi connectivity index (χ4n) is 4.33. The van der Waals surface area contributed by atoms with Crippen LogP contribution >= 0.6 is 0 Å². The zero-order valence-electron chi connectivity index (χ0n) is 14.2. The second-order valence-electron chi connectivity index (χ2n) is 7.61. The predicted molar refractivity (Wildman–Crippen MR) is 97.3 cm³/mol. The number of hydrogen-bond donors (Lipinski definition) is 3. The Morgan fingerprint density at radius 3 is 2.28 bits per heavy atom. The highest BCUT2D eigenvalue weighted by molar-refractivity contribution is 6.11. The van der Waals surface area contributed by atoms with Crippen LogP contribution in [0, 0.1) is 5.92 Å². The third kappa shape index (κ3) is 2.24. The summed E-state index contributed by atoms with van der Waals surface area (Å²) in [5, 5.41) is 32.8. The first-order chi connectivity index (χ1) is 11.8. The number of fused-ring (bicyclic) bond motifs is 5. The van der Waals surface area contributed by atoms with E-state index < -0.39 is 11.9 Å². The molecule has 3 aromatic carbocycles. The van der Waals surface area contributed by atoms with Gasteiger partial charge in [0.05, 0.1) is 5.92 Å². The number of aromatic hydroxyl groups is 2. The molecule has 0 spiro atoms. The van der Waals surface area contributed by atoms with Crippen molar-refractivity contribution in [3.05, 3.63) is 47.5 Å². The highest BCUT2D eigenvalue weighted by atomic mass is 16.4. The molecule has 4 rings (SSSR count). The molecule has 0 bridgehead atoms. The molecular formula is C21H20O4. The number of rotatable bonds is 1. The van der Waals surface area contributed by atoms with Crippen molar-refractivity contribution in [2.75, 3.05) is 0 Å². The fourth-order valence-corrected chi connectivity index (χ4v) is 4.33. The molecular weight excluding hydrogens is 316 g/mol. The first kappa shape index (κ1) is 15.8. The van der Waals surface area contributed by atoms with Gasteiger partial charge in [-0.15, -0.1) is 0 Å². The lowest BCUT2D eigenvalue weighted by molar-refractivity contribution is -0.142. The van der Waals surface area contributed by atoms with Crippen molar-refractivity contribution in [3.63, 3.8) is 0 Å². The van der Waals surface area contributed by atoms with E-state index in [1.54, 1.807) is 12.1 Å². The van der Waals surface area contributed by atoms with Crippen LogP contribution in [0.25, 0.3) is 21.5 Å². The van der Waals surface area contributed by atoms with E-state index in [9.17, 15) is 20.1 Å². The van der Waals surface area contributed by atoms with Crippen molar-refractivity contribution in [1.82, 2.24) is 0 Å². The van der Waals surface area contributed by atoms with Crippen molar-refractivity contribution in [1.29, 1.82) is 0 Å². The van der Waals surface area contributed by atoms with Gasteiger partial charge in [-0.25, -0.2) is 0 Å². The molecule has 0 unspecified atom stereocenters. The predicted octanol–water partition coefficient (Wildman–Crippen LogP) is 4.33. The van der Waals surface area contributed by atoms with Crippen LogP contribution in [0.2, 0.25) is 0 Å². The molecule has 0 fully saturated rings. The highest BCUT2D eigenvalue weighted by Crippen LogP contribution is 2.44. The van der Waals surface area contributed by atoms with Gasteiger partial charge in [0.1, 0.15) is 0 Å². The monoisotopic (exact) mass is 336 g/mol. The van der Waals surface area contributed by atoms with E-state index in [0.717, 1.165) is 21.7 Å². The van der Waals surface area contributed by atoms with Crippen molar-refractivity contribution >= 4 is 27.5 Å². The summed E-state index contributed by atoms with van der Waals surface area (Å²) in [5.74, 6) is -1.41. The van der Waals surface area contributed by atoms with Crippen LogP contribution in [0.4, 0.5) is 0 Å². The van der Waals surface area contributed by atoms with Crippen molar-refractivity contribution in [2.24, 2.45) is 5.92 Å². The van der Waals surface area contributed by atoms with Crippen molar-refractivity contribution < 1.29 is 20.1 Å². The number of carboxylic acid groups (broad SMARTS) is 1. The second-order valence-corrected chi connectivity index (χ2v) is 7.61. The maximum Gasteiger partial charge on any atom is 0.306 e. The first-order valence-corrected chi connectivity index (χ1v) is 8.42. The van der Waals surface area contributed by atoms with Gasteiger partial charge in [-0.2, -0.15) is 0 Å². The largest absolute Gasteiger partial charge is 0.504 e. The van der Waals surface area contributed by atoms with Crippen molar-refractivity contribution in [2.45, 2.75) is 32.1 Å². The molecule has 1 aliphatic rings. The summed E-state index contributed by atoms with van der Waals surface area (Å²) in [5.41, 5.74) is 2.08. The number of phenols is 2. The molecule has 0 saturated carbocycles. The van der Waals surface area contributed by atoms with Gasteiger partial charge >= 0.3 is 5.97 Å². The lowest BCUT2D eigenvalue weighted by Gasteiger charge is -2.36. The molecule has 0 amide bonds. The third-order valence-electron chi connectivity index (χ3n) is 5.55. The van der Waals surface area contributed by atoms with Gasteiger partial charge in [-0.05, 0) is 63.7 Å². The van der Waals surface area contributed by atoms with Gasteiger partial charge in [-0.3, -0.25) is 4.79 Å². The van der Waals surface area contributed by atoms with E-state index in [0.29, 0.717) is 18.2 Å². The van der Waals surface area contributed by atoms with Gasteiger partial charge in [0, 0.05) is 5.39 Å². The number of benzene rings is 3. The zero-order valence-corrected chi connectivity index (χ0v) is 14.2. The lowest BCUT2D eigenvalue weighted by atomic mass is 9.67. The van der Waals surface area contributed by atoms with Crippen molar-refractivity contribution in [3.8, 4) is 11.5 Å². The summed E-state index contributed by atoms with van der Waals surface area (Å²) in [6.07, 6.45) is 1.14. The minimum atomic E-state index is -0.751. The fraction of sp³-hybridized carbons (Fsp3) is 0.286. The number of aliphatic carboxylic acids is 1. The maximum atomic E-state index is 11.6. The third-order valence-corrected chi connectivity index (χ3v) is 5.55. The van der Waals surface area contributed by atoms with Gasteiger partial charge < -0.3 is 15.3 Å². The van der Waals surface area contributed by atoms with Crippen LogP contribution in [0.15, 0.2) is 36.4 Å². The Morgan fingerprint density at radius 1 is 0.960 bits per heavy atom. The number of carbonyl (C=O) groups is 1. The average Bonchev–Trinajstić information content (AvgIpc) is 2.56. The van der Waals surface area contributed by atoms with Crippen LogP contribution in [-0.2, 0) is 16.6 Å². The van der Waals surface area contributed by atoms with E-state index in [2.05, 4.69) is 19.9 Å². The van der Waals surface area contributed by atoms with E-state index >= 15 is 0 Å². The van der Waals surface area contributed by atoms with Crippen LogP contribution < -0.4 is 0 Å². The minimum Gasteiger partial charge on any atom is -0.504 e. The quantitative estimate of drug-likeness (QED) is 0.456. The maximum absolute atomic E-state index is 11.6. The molecule has 3 aromatic rings. The summed E-state index contributed by atoms with van der Waals surface area (Å²) < 4.78 is 0. The van der Waals surface area contributed by atoms with Gasteiger partial charge in [0.2, 0.25) is 0 Å². The smallest absolute Gasteiger partial charge is 0.306 e. The standard InChI is InChI=1S/C21H20O4/c1-21(2)10-11(20(24)25)9-16-14-3-4-15-13(6-8-18(22)19(15)23)12(14)5-7-17(16)21/h3-8,11,22-23H,9-10H2,1-2H3,(H,24,25)/t11-/m1/s1. The summed E-state index contributed by atoms with van der Waals surface area (Å²) in [7, 11) is 0. The number of phenolic OH excluding ortho intramolecular Hbond substituents is 2.